The van der Waals surface area contributed by atoms with Crippen molar-refractivity contribution in [3.63, 3.8) is 0 Å². The van der Waals surface area contributed by atoms with Gasteiger partial charge in [0, 0.05) is 16.6 Å². The topological polar surface area (TPSA) is 52.1 Å². The molecule has 0 aliphatic heterocycles. The fourth-order valence-corrected chi connectivity index (χ4v) is 3.05. The Labute approximate surface area is 138 Å². The number of methoxy groups -OCH3 is 1. The Morgan fingerprint density at radius 2 is 1.83 bits per heavy atom. The summed E-state index contributed by atoms with van der Waals surface area (Å²) in [6.45, 7) is 1.96. The molecular formula is C18H16N2O2S. The molecule has 3 rings (SSSR count). The van der Waals surface area contributed by atoms with E-state index in [0.29, 0.717) is 16.5 Å². The van der Waals surface area contributed by atoms with Crippen LogP contribution in [0.15, 0.2) is 53.7 Å². The zero-order valence-corrected chi connectivity index (χ0v) is 13.8. The fourth-order valence-electron chi connectivity index (χ4n) is 2.26. The van der Waals surface area contributed by atoms with Crippen molar-refractivity contribution in [1.82, 2.24) is 9.97 Å². The van der Waals surface area contributed by atoms with E-state index in [9.17, 15) is 4.79 Å². The third-order valence-corrected chi connectivity index (χ3v) is 4.36. The number of carbonyl (C=O) groups excluding carboxylic acids is 1. The molecule has 0 amide bonds. The lowest BCUT2D eigenvalue weighted by atomic mass is 10.1. The Hall–Kier alpha value is -2.40. The number of ketones is 1. The SMILES string of the molecule is COc1ccc(C(=O)CSc2nc(C)c3ccccc3n2)cc1. The largest absolute Gasteiger partial charge is 0.497 e. The number of para-hydroxylation sites is 1. The van der Waals surface area contributed by atoms with Crippen molar-refractivity contribution >= 4 is 28.4 Å². The van der Waals surface area contributed by atoms with Crippen molar-refractivity contribution in [3.05, 3.63) is 59.8 Å². The predicted molar refractivity (Wildman–Crippen MR) is 92.3 cm³/mol. The van der Waals surface area contributed by atoms with Crippen LogP contribution in [0.25, 0.3) is 10.9 Å². The summed E-state index contributed by atoms with van der Waals surface area (Å²) >= 11 is 1.36. The highest BCUT2D eigenvalue weighted by Gasteiger charge is 2.10. The number of hydrogen-bond donors (Lipinski definition) is 0. The molecule has 0 atom stereocenters. The first-order valence-corrected chi connectivity index (χ1v) is 8.19. The second-order valence-corrected chi connectivity index (χ2v) is 5.99. The monoisotopic (exact) mass is 324 g/mol. The lowest BCUT2D eigenvalue weighted by Gasteiger charge is -2.05. The van der Waals surface area contributed by atoms with Gasteiger partial charge in [0.05, 0.1) is 18.4 Å². The van der Waals surface area contributed by atoms with Crippen LogP contribution in [0, 0.1) is 6.92 Å². The van der Waals surface area contributed by atoms with Crippen LogP contribution in [0.2, 0.25) is 0 Å². The van der Waals surface area contributed by atoms with Crippen molar-refractivity contribution < 1.29 is 9.53 Å². The summed E-state index contributed by atoms with van der Waals surface area (Å²) in [7, 11) is 1.60. The number of ether oxygens (including phenoxy) is 1. The molecule has 4 nitrogen and oxygen atoms in total. The normalized spacial score (nSPS) is 10.7. The Kier molecular flexibility index (Phi) is 4.57. The molecule has 23 heavy (non-hydrogen) atoms. The molecule has 0 bridgehead atoms. The summed E-state index contributed by atoms with van der Waals surface area (Å²) < 4.78 is 5.10. The number of fused-ring (bicyclic) bond motifs is 1. The molecule has 0 aliphatic rings. The first-order chi connectivity index (χ1) is 11.2. The molecule has 0 aliphatic carbocycles. The Morgan fingerprint density at radius 3 is 2.57 bits per heavy atom. The van der Waals surface area contributed by atoms with Crippen LogP contribution in [-0.2, 0) is 0 Å². The van der Waals surface area contributed by atoms with Crippen molar-refractivity contribution in [2.45, 2.75) is 12.1 Å². The number of benzene rings is 2. The molecule has 0 spiro atoms. The summed E-state index contributed by atoms with van der Waals surface area (Å²) in [5.41, 5.74) is 2.49. The summed E-state index contributed by atoms with van der Waals surface area (Å²) in [5.74, 6) is 1.10. The quantitative estimate of drug-likeness (QED) is 0.404. The summed E-state index contributed by atoms with van der Waals surface area (Å²) in [5, 5.41) is 1.67. The first kappa shape index (κ1) is 15.5. The molecule has 0 saturated heterocycles. The van der Waals surface area contributed by atoms with E-state index in [-0.39, 0.29) is 5.78 Å². The van der Waals surface area contributed by atoms with E-state index in [1.54, 1.807) is 31.4 Å². The number of aryl methyl sites for hydroxylation is 1. The minimum Gasteiger partial charge on any atom is -0.497 e. The molecule has 2 aromatic carbocycles. The van der Waals surface area contributed by atoms with Gasteiger partial charge in [-0.05, 0) is 37.3 Å². The van der Waals surface area contributed by atoms with E-state index in [1.807, 2.05) is 31.2 Å². The highest BCUT2D eigenvalue weighted by atomic mass is 32.2. The Balaban J connectivity index is 1.73. The maximum Gasteiger partial charge on any atom is 0.188 e. The number of rotatable bonds is 5. The minimum absolute atomic E-state index is 0.0482. The highest BCUT2D eigenvalue weighted by Crippen LogP contribution is 2.21. The maximum atomic E-state index is 12.2. The molecule has 0 fully saturated rings. The zero-order chi connectivity index (χ0) is 16.2. The number of Topliss-reactive ketones (excluding diaryl/α,β-unsaturated/α-hetero) is 1. The van der Waals surface area contributed by atoms with Gasteiger partial charge in [0.2, 0.25) is 0 Å². The van der Waals surface area contributed by atoms with Crippen molar-refractivity contribution in [3.8, 4) is 5.75 Å². The second-order valence-electron chi connectivity index (χ2n) is 5.05. The number of nitrogens with zero attached hydrogens (tertiary/aromatic N) is 2. The average Bonchev–Trinajstić information content (AvgIpc) is 2.60. The van der Waals surface area contributed by atoms with Gasteiger partial charge in [0.25, 0.3) is 0 Å². The van der Waals surface area contributed by atoms with Crippen LogP contribution in [0.3, 0.4) is 0 Å². The van der Waals surface area contributed by atoms with Crippen molar-refractivity contribution in [1.29, 1.82) is 0 Å². The van der Waals surface area contributed by atoms with Gasteiger partial charge in [0.1, 0.15) is 5.75 Å². The number of thioether (sulfide) groups is 1. The summed E-state index contributed by atoms with van der Waals surface area (Å²) in [6.07, 6.45) is 0. The third-order valence-electron chi connectivity index (χ3n) is 3.52. The molecular weight excluding hydrogens is 308 g/mol. The van der Waals surface area contributed by atoms with Crippen LogP contribution in [0.4, 0.5) is 0 Å². The van der Waals surface area contributed by atoms with E-state index in [4.69, 9.17) is 4.74 Å². The highest BCUT2D eigenvalue weighted by molar-refractivity contribution is 7.99. The van der Waals surface area contributed by atoms with E-state index >= 15 is 0 Å². The first-order valence-electron chi connectivity index (χ1n) is 7.21. The molecule has 0 saturated carbocycles. The summed E-state index contributed by atoms with van der Waals surface area (Å²) in [6, 6.07) is 15.0. The van der Waals surface area contributed by atoms with Crippen LogP contribution >= 0.6 is 11.8 Å². The minimum atomic E-state index is 0.0482. The lowest BCUT2D eigenvalue weighted by molar-refractivity contribution is 0.102. The van der Waals surface area contributed by atoms with E-state index in [2.05, 4.69) is 9.97 Å². The molecule has 1 aromatic heterocycles. The molecule has 116 valence electrons. The van der Waals surface area contributed by atoms with Gasteiger partial charge in [-0.1, -0.05) is 30.0 Å². The molecule has 0 unspecified atom stereocenters. The van der Waals surface area contributed by atoms with Gasteiger partial charge in [0.15, 0.2) is 10.9 Å². The van der Waals surface area contributed by atoms with Gasteiger partial charge in [-0.25, -0.2) is 9.97 Å². The third kappa shape index (κ3) is 3.51. The number of aromatic nitrogens is 2. The molecule has 5 heteroatoms. The number of hydrogen-bond acceptors (Lipinski definition) is 5. The molecule has 0 N–H and O–H groups in total. The molecule has 0 radical (unpaired) electrons. The van der Waals surface area contributed by atoms with Gasteiger partial charge in [-0.3, -0.25) is 4.79 Å². The van der Waals surface area contributed by atoms with Crippen LogP contribution in [0.1, 0.15) is 16.1 Å². The fraction of sp³-hybridized carbons (Fsp3) is 0.167. The average molecular weight is 324 g/mol. The van der Waals surface area contributed by atoms with Crippen LogP contribution in [-0.4, -0.2) is 28.6 Å². The van der Waals surface area contributed by atoms with Gasteiger partial charge < -0.3 is 4.74 Å². The van der Waals surface area contributed by atoms with Gasteiger partial charge in [-0.2, -0.15) is 0 Å². The number of carbonyl (C=O) groups is 1. The molecule has 3 aromatic rings. The molecule has 1 heterocycles. The second kappa shape index (κ2) is 6.79. The van der Waals surface area contributed by atoms with E-state index < -0.39 is 0 Å². The van der Waals surface area contributed by atoms with Gasteiger partial charge in [-0.15, -0.1) is 0 Å². The van der Waals surface area contributed by atoms with Crippen molar-refractivity contribution in [2.24, 2.45) is 0 Å². The zero-order valence-electron chi connectivity index (χ0n) is 12.9. The maximum absolute atomic E-state index is 12.2. The van der Waals surface area contributed by atoms with Crippen molar-refractivity contribution in [2.75, 3.05) is 12.9 Å². The predicted octanol–water partition coefficient (Wildman–Crippen LogP) is 3.92. The van der Waals surface area contributed by atoms with Gasteiger partial charge >= 0.3 is 0 Å². The van der Waals surface area contributed by atoms with E-state index in [1.165, 1.54) is 11.8 Å². The van der Waals surface area contributed by atoms with E-state index in [0.717, 1.165) is 22.3 Å². The summed E-state index contributed by atoms with van der Waals surface area (Å²) in [4.78, 5) is 21.2. The van der Waals surface area contributed by atoms with Crippen LogP contribution in [0.5, 0.6) is 5.75 Å². The lowest BCUT2D eigenvalue weighted by Crippen LogP contribution is -2.03. The standard InChI is InChI=1S/C18H16N2O2S/c1-12-15-5-3-4-6-16(15)20-18(19-12)23-11-17(21)13-7-9-14(22-2)10-8-13/h3-10H,11H2,1-2H3. The Bertz CT molecular complexity index is 847. The Morgan fingerprint density at radius 1 is 1.09 bits per heavy atom. The van der Waals surface area contributed by atoms with Crippen LogP contribution < -0.4 is 4.74 Å². The smallest absolute Gasteiger partial charge is 0.188 e.